The van der Waals surface area contributed by atoms with E-state index in [4.69, 9.17) is 4.74 Å². The second-order valence-corrected chi connectivity index (χ2v) is 10.4. The number of carbonyl (C=O) groups excluding carboxylic acids is 4. The van der Waals surface area contributed by atoms with Crippen molar-refractivity contribution in [2.75, 3.05) is 43.9 Å². The van der Waals surface area contributed by atoms with Gasteiger partial charge in [-0.05, 0) is 55.2 Å². The van der Waals surface area contributed by atoms with Crippen molar-refractivity contribution >= 4 is 35.6 Å². The molecular weight excluding hydrogens is 532 g/mol. The van der Waals surface area contributed by atoms with E-state index in [2.05, 4.69) is 15.5 Å². The largest absolute Gasteiger partial charge is 0.446 e. The number of nitrogens with one attached hydrogen (secondary N) is 2. The third-order valence-electron chi connectivity index (χ3n) is 7.35. The van der Waals surface area contributed by atoms with E-state index in [1.165, 1.54) is 0 Å². The average molecular weight is 571 g/mol. The van der Waals surface area contributed by atoms with Gasteiger partial charge < -0.3 is 19.9 Å². The summed E-state index contributed by atoms with van der Waals surface area (Å²) in [7, 11) is 1.76. The molecule has 9 heteroatoms. The van der Waals surface area contributed by atoms with Gasteiger partial charge in [-0.3, -0.25) is 19.7 Å². The van der Waals surface area contributed by atoms with Gasteiger partial charge in [0.25, 0.3) is 0 Å². The predicted octanol–water partition coefficient (Wildman–Crippen LogP) is 5.45. The number of carbonyl (C=O) groups is 4. The smallest absolute Gasteiger partial charge is 0.411 e. The first kappa shape index (κ1) is 30.5. The number of rotatable bonds is 12. The second kappa shape index (κ2) is 15.5. The van der Waals surface area contributed by atoms with E-state index in [9.17, 15) is 19.2 Å². The van der Waals surface area contributed by atoms with E-state index in [0.29, 0.717) is 62.1 Å². The Morgan fingerprint density at radius 1 is 0.905 bits per heavy atom. The van der Waals surface area contributed by atoms with Gasteiger partial charge in [0, 0.05) is 62.9 Å². The predicted molar refractivity (Wildman–Crippen MR) is 163 cm³/mol. The monoisotopic (exact) mass is 570 g/mol. The number of hydrogen-bond acceptors (Lipinski definition) is 6. The number of hydrogen-bond donors (Lipinski definition) is 2. The molecule has 0 saturated carbocycles. The summed E-state index contributed by atoms with van der Waals surface area (Å²) in [5.41, 5.74) is 3.85. The quantitative estimate of drug-likeness (QED) is 0.281. The molecule has 1 aliphatic rings. The number of ether oxygens (including phenoxy) is 1. The molecule has 0 unspecified atom stereocenters. The van der Waals surface area contributed by atoms with Crippen molar-refractivity contribution in [2.45, 2.75) is 38.2 Å². The highest BCUT2D eigenvalue weighted by Crippen LogP contribution is 2.28. The Hall–Kier alpha value is -4.50. The van der Waals surface area contributed by atoms with Crippen molar-refractivity contribution in [2.24, 2.45) is 0 Å². The summed E-state index contributed by atoms with van der Waals surface area (Å²) in [4.78, 5) is 52.1. The normalized spacial score (nSPS) is 13.6. The molecule has 9 nitrogen and oxygen atoms in total. The highest BCUT2D eigenvalue weighted by atomic mass is 16.6. The molecule has 1 saturated heterocycles. The number of piperidine rings is 1. The first-order valence-electron chi connectivity index (χ1n) is 14.3. The fraction of sp³-hybridized carbons (Fsp3) is 0.333. The van der Waals surface area contributed by atoms with Gasteiger partial charge in [-0.25, -0.2) is 4.79 Å². The van der Waals surface area contributed by atoms with Crippen molar-refractivity contribution in [1.82, 2.24) is 9.80 Å². The van der Waals surface area contributed by atoms with E-state index in [1.807, 2.05) is 54.6 Å². The molecule has 0 spiro atoms. The summed E-state index contributed by atoms with van der Waals surface area (Å²) >= 11 is 0. The van der Waals surface area contributed by atoms with Gasteiger partial charge in [0.15, 0.2) is 0 Å². The van der Waals surface area contributed by atoms with Crippen LogP contribution in [0.5, 0.6) is 0 Å². The fourth-order valence-corrected chi connectivity index (χ4v) is 4.92. The minimum absolute atomic E-state index is 0.0368. The first-order chi connectivity index (χ1) is 20.4. The van der Waals surface area contributed by atoms with Crippen LogP contribution in [0.25, 0.3) is 11.1 Å². The molecule has 1 fully saturated rings. The third kappa shape index (κ3) is 9.27. The van der Waals surface area contributed by atoms with Crippen molar-refractivity contribution in [1.29, 1.82) is 0 Å². The van der Waals surface area contributed by atoms with E-state index in [0.717, 1.165) is 30.5 Å². The molecule has 3 aromatic carbocycles. The van der Waals surface area contributed by atoms with Crippen LogP contribution in [0.3, 0.4) is 0 Å². The molecule has 1 aliphatic heterocycles. The Balaban J connectivity index is 1.11. The Labute approximate surface area is 246 Å². The zero-order valence-electron chi connectivity index (χ0n) is 24.0. The molecule has 3 aromatic rings. The number of para-hydroxylation sites is 1. The van der Waals surface area contributed by atoms with Gasteiger partial charge in [0.1, 0.15) is 12.4 Å². The van der Waals surface area contributed by atoms with Crippen molar-refractivity contribution in [3.05, 3.63) is 84.4 Å². The first-order valence-corrected chi connectivity index (χ1v) is 14.3. The number of benzene rings is 3. The lowest BCUT2D eigenvalue weighted by Crippen LogP contribution is -2.40. The van der Waals surface area contributed by atoms with E-state index >= 15 is 0 Å². The van der Waals surface area contributed by atoms with Crippen molar-refractivity contribution in [3.8, 4) is 11.1 Å². The molecule has 0 aliphatic carbocycles. The van der Waals surface area contributed by atoms with Gasteiger partial charge in [-0.2, -0.15) is 0 Å². The second-order valence-electron chi connectivity index (χ2n) is 10.4. The molecule has 0 radical (unpaired) electrons. The molecule has 1 heterocycles. The molecule has 0 aromatic heterocycles. The number of likely N-dealkylation sites (tertiary alicyclic amines) is 1. The summed E-state index contributed by atoms with van der Waals surface area (Å²) in [6.07, 6.45) is 2.80. The zero-order valence-corrected chi connectivity index (χ0v) is 24.0. The number of nitrogens with zero attached hydrogens (tertiary/aromatic N) is 2. The molecule has 2 N–H and O–H groups in total. The topological polar surface area (TPSA) is 108 Å². The molecule has 42 heavy (non-hydrogen) atoms. The number of amides is 3. The van der Waals surface area contributed by atoms with Crippen molar-refractivity contribution in [3.63, 3.8) is 0 Å². The lowest BCUT2D eigenvalue weighted by atomic mass is 10.0. The van der Waals surface area contributed by atoms with E-state index < -0.39 is 6.09 Å². The fourth-order valence-electron chi connectivity index (χ4n) is 4.92. The zero-order chi connectivity index (χ0) is 29.7. The van der Waals surface area contributed by atoms with Crippen LogP contribution in [0.1, 0.15) is 42.5 Å². The van der Waals surface area contributed by atoms with Crippen LogP contribution in [0, 0.1) is 0 Å². The van der Waals surface area contributed by atoms with Gasteiger partial charge in [0.05, 0.1) is 5.69 Å². The van der Waals surface area contributed by atoms with Crippen LogP contribution in [0.2, 0.25) is 0 Å². The molecule has 3 amide bonds. The van der Waals surface area contributed by atoms with Crippen molar-refractivity contribution < 1.29 is 23.9 Å². The Morgan fingerprint density at radius 2 is 1.60 bits per heavy atom. The Bertz CT molecular complexity index is 1340. The Kier molecular flexibility index (Phi) is 11.2. The SMILES string of the molecule is CN(CCCC(=O)Nc1ccc(C=O)cc1)C(=O)CCN1CCC(OC(=O)Nc2ccccc2-c2ccccc2)CC1. The third-order valence-corrected chi connectivity index (χ3v) is 7.35. The highest BCUT2D eigenvalue weighted by molar-refractivity contribution is 5.92. The average Bonchev–Trinajstić information content (AvgIpc) is 3.01. The molecule has 0 bridgehead atoms. The van der Waals surface area contributed by atoms with E-state index in [-0.39, 0.29) is 17.9 Å². The molecule has 220 valence electrons. The lowest BCUT2D eigenvalue weighted by molar-refractivity contribution is -0.130. The number of aldehydes is 1. The van der Waals surface area contributed by atoms with Gasteiger partial charge in [0.2, 0.25) is 11.8 Å². The number of anilines is 2. The highest BCUT2D eigenvalue weighted by Gasteiger charge is 2.23. The van der Waals surface area contributed by atoms with Crippen LogP contribution in [0.4, 0.5) is 16.2 Å². The summed E-state index contributed by atoms with van der Waals surface area (Å²) in [6, 6.07) is 24.2. The minimum atomic E-state index is -0.460. The van der Waals surface area contributed by atoms with Crippen LogP contribution in [-0.4, -0.2) is 73.3 Å². The summed E-state index contributed by atoms with van der Waals surface area (Å²) in [5, 5.41) is 5.70. The maximum atomic E-state index is 12.6. The summed E-state index contributed by atoms with van der Waals surface area (Å²) in [5.74, 6) is -0.0939. The molecule has 0 atom stereocenters. The standard InChI is InChI=1S/C33H38N4O5/c1-36(20-7-12-31(39)34-27-15-13-25(24-38)14-16-27)32(40)19-23-37-21-17-28(18-22-37)42-33(41)35-30-11-6-5-10-29(30)26-8-3-2-4-9-26/h2-6,8-11,13-16,24,28H,7,12,17-23H2,1H3,(H,34,39)(H,35,41). The maximum absolute atomic E-state index is 12.6. The lowest BCUT2D eigenvalue weighted by Gasteiger charge is -2.31. The van der Waals surface area contributed by atoms with Crippen LogP contribution in [-0.2, 0) is 14.3 Å². The maximum Gasteiger partial charge on any atom is 0.411 e. The molecular formula is C33H38N4O5. The molecule has 4 rings (SSSR count). The van der Waals surface area contributed by atoms with Gasteiger partial charge >= 0.3 is 6.09 Å². The van der Waals surface area contributed by atoms with Crippen LogP contribution in [0.15, 0.2) is 78.9 Å². The van der Waals surface area contributed by atoms with Gasteiger partial charge in [-0.15, -0.1) is 0 Å². The Morgan fingerprint density at radius 3 is 2.31 bits per heavy atom. The van der Waals surface area contributed by atoms with Crippen LogP contribution >= 0.6 is 0 Å². The van der Waals surface area contributed by atoms with E-state index in [1.54, 1.807) is 36.2 Å². The summed E-state index contributed by atoms with van der Waals surface area (Å²) in [6.45, 7) is 2.64. The van der Waals surface area contributed by atoms with Crippen LogP contribution < -0.4 is 10.6 Å². The minimum Gasteiger partial charge on any atom is -0.446 e. The summed E-state index contributed by atoms with van der Waals surface area (Å²) < 4.78 is 5.71. The van der Waals surface area contributed by atoms with Gasteiger partial charge in [-0.1, -0.05) is 48.5 Å².